The van der Waals surface area contributed by atoms with Crippen molar-refractivity contribution in [3.05, 3.63) is 29.3 Å². The second-order valence-electron chi connectivity index (χ2n) is 7.05. The Morgan fingerprint density at radius 3 is 2.78 bits per heavy atom. The van der Waals surface area contributed by atoms with Gasteiger partial charge in [-0.3, -0.25) is 19.7 Å². The number of carbonyl (C=O) groups is 3. The van der Waals surface area contributed by atoms with E-state index in [2.05, 4.69) is 16.7 Å². The minimum Gasteiger partial charge on any atom is -0.322 e. The summed E-state index contributed by atoms with van der Waals surface area (Å²) in [5.41, 5.74) is 1.71. The minimum atomic E-state index is -0.548. The number of hydrogen-bond donors (Lipinski definition) is 2. The summed E-state index contributed by atoms with van der Waals surface area (Å²) in [7, 11) is 1.98. The molecule has 146 valence electrons. The molecule has 6 nitrogen and oxygen atoms in total. The van der Waals surface area contributed by atoms with E-state index in [4.69, 9.17) is 0 Å². The average Bonchev–Trinajstić information content (AvgIpc) is 2.98. The third-order valence-corrected chi connectivity index (χ3v) is 6.30. The third-order valence-electron chi connectivity index (χ3n) is 5.12. The monoisotopic (exact) mass is 389 g/mol. The van der Waals surface area contributed by atoms with E-state index >= 15 is 0 Å². The molecule has 0 spiro atoms. The highest BCUT2D eigenvalue weighted by Gasteiger charge is 2.39. The Kier molecular flexibility index (Phi) is 6.90. The van der Waals surface area contributed by atoms with Gasteiger partial charge in [-0.2, -0.15) is 0 Å². The lowest BCUT2D eigenvalue weighted by molar-refractivity contribution is -0.136. The fraction of sp³-hybridized carbons (Fsp3) is 0.550. The van der Waals surface area contributed by atoms with Gasteiger partial charge in [-0.1, -0.05) is 18.9 Å². The van der Waals surface area contributed by atoms with E-state index in [1.807, 2.05) is 19.2 Å². The predicted octanol–water partition coefficient (Wildman–Crippen LogP) is 2.32. The topological polar surface area (TPSA) is 78.5 Å². The number of carbonyl (C=O) groups excluding carboxylic acids is 3. The molecule has 1 fully saturated rings. The molecule has 1 atom stereocenters. The van der Waals surface area contributed by atoms with Crippen molar-refractivity contribution in [2.45, 2.75) is 56.0 Å². The number of benzene rings is 1. The Morgan fingerprint density at radius 1 is 1.19 bits per heavy atom. The Bertz CT molecular complexity index is 722. The normalized spacial score (nSPS) is 19.4. The van der Waals surface area contributed by atoms with Crippen molar-refractivity contribution in [3.8, 4) is 0 Å². The largest absolute Gasteiger partial charge is 0.322 e. The van der Waals surface area contributed by atoms with Gasteiger partial charge >= 0.3 is 0 Å². The van der Waals surface area contributed by atoms with Crippen molar-refractivity contribution in [3.63, 3.8) is 0 Å². The fourth-order valence-corrected chi connectivity index (χ4v) is 4.72. The first kappa shape index (κ1) is 19.9. The average molecular weight is 390 g/mol. The smallest absolute Gasteiger partial charge is 0.255 e. The van der Waals surface area contributed by atoms with E-state index in [1.54, 1.807) is 16.7 Å². The molecule has 2 heterocycles. The highest BCUT2D eigenvalue weighted by Crippen LogP contribution is 2.34. The molecule has 27 heavy (non-hydrogen) atoms. The zero-order valence-corrected chi connectivity index (χ0v) is 16.6. The van der Waals surface area contributed by atoms with Gasteiger partial charge in [-0.05, 0) is 56.3 Å². The first-order valence-electron chi connectivity index (χ1n) is 9.65. The van der Waals surface area contributed by atoms with Crippen LogP contribution in [0.1, 0.15) is 54.4 Å². The number of amides is 3. The molecule has 1 aromatic carbocycles. The molecule has 0 aromatic heterocycles. The van der Waals surface area contributed by atoms with Gasteiger partial charge in [-0.25, -0.2) is 0 Å². The van der Waals surface area contributed by atoms with Crippen molar-refractivity contribution in [2.75, 3.05) is 19.3 Å². The van der Waals surface area contributed by atoms with E-state index < -0.39 is 6.04 Å². The zero-order valence-electron chi connectivity index (χ0n) is 15.8. The van der Waals surface area contributed by atoms with Crippen LogP contribution in [0.2, 0.25) is 0 Å². The number of rotatable bonds is 9. The Balaban J connectivity index is 1.59. The molecule has 0 bridgehead atoms. The van der Waals surface area contributed by atoms with Gasteiger partial charge in [0, 0.05) is 23.4 Å². The standard InChI is InChI=1S/C20H27N3O3S/c1-21-11-4-2-3-5-12-27-17-8-6-7-14-15(17)13-23(20(14)26)16-9-10-18(24)22-19(16)25/h6-8,16,21H,2-5,9-13H2,1H3,(H,22,24,25). The van der Waals surface area contributed by atoms with Crippen molar-refractivity contribution in [1.29, 1.82) is 0 Å². The van der Waals surface area contributed by atoms with Gasteiger partial charge in [0.1, 0.15) is 6.04 Å². The number of piperidine rings is 1. The van der Waals surface area contributed by atoms with Crippen LogP contribution in [0.4, 0.5) is 0 Å². The van der Waals surface area contributed by atoms with Crippen LogP contribution in [-0.2, 0) is 16.1 Å². The number of hydrogen-bond acceptors (Lipinski definition) is 5. The second-order valence-corrected chi connectivity index (χ2v) is 8.19. The molecule has 0 saturated carbocycles. The summed E-state index contributed by atoms with van der Waals surface area (Å²) in [6, 6.07) is 5.27. The number of imide groups is 1. The molecule has 2 aliphatic rings. The van der Waals surface area contributed by atoms with E-state index in [9.17, 15) is 14.4 Å². The van der Waals surface area contributed by atoms with E-state index in [0.29, 0.717) is 18.5 Å². The molecule has 2 aliphatic heterocycles. The van der Waals surface area contributed by atoms with Crippen molar-refractivity contribution in [2.24, 2.45) is 0 Å². The van der Waals surface area contributed by atoms with Crippen molar-refractivity contribution >= 4 is 29.5 Å². The van der Waals surface area contributed by atoms with E-state index in [1.165, 1.54) is 19.3 Å². The van der Waals surface area contributed by atoms with Gasteiger partial charge in [0.05, 0.1) is 0 Å². The summed E-state index contributed by atoms with van der Waals surface area (Å²) in [6.07, 6.45) is 5.49. The summed E-state index contributed by atoms with van der Waals surface area (Å²) in [5.74, 6) is 0.311. The second kappa shape index (κ2) is 9.37. The van der Waals surface area contributed by atoms with Crippen LogP contribution in [0.25, 0.3) is 0 Å². The molecule has 3 amide bonds. The van der Waals surface area contributed by atoms with Crippen LogP contribution in [0.15, 0.2) is 23.1 Å². The maximum atomic E-state index is 12.8. The molecule has 1 aromatic rings. The summed E-state index contributed by atoms with van der Waals surface area (Å²) in [4.78, 5) is 39.1. The van der Waals surface area contributed by atoms with Gasteiger partial charge in [-0.15, -0.1) is 11.8 Å². The van der Waals surface area contributed by atoms with Gasteiger partial charge in [0.25, 0.3) is 5.91 Å². The number of nitrogens with one attached hydrogen (secondary N) is 2. The Labute approximate surface area is 164 Å². The van der Waals surface area contributed by atoms with Gasteiger partial charge < -0.3 is 10.2 Å². The molecular weight excluding hydrogens is 362 g/mol. The van der Waals surface area contributed by atoms with Gasteiger partial charge in [0.15, 0.2) is 0 Å². The van der Waals surface area contributed by atoms with Crippen LogP contribution in [-0.4, -0.2) is 48.0 Å². The SMILES string of the molecule is CNCCCCCCSc1cccc2c1CN(C1CCC(=O)NC1=O)C2=O. The lowest BCUT2D eigenvalue weighted by atomic mass is 10.0. The van der Waals surface area contributed by atoms with E-state index in [0.717, 1.165) is 29.2 Å². The molecule has 2 N–H and O–H groups in total. The summed E-state index contributed by atoms with van der Waals surface area (Å²) in [6.45, 7) is 1.52. The molecule has 0 aliphatic carbocycles. The lowest BCUT2D eigenvalue weighted by Crippen LogP contribution is -2.52. The highest BCUT2D eigenvalue weighted by atomic mass is 32.2. The highest BCUT2D eigenvalue weighted by molar-refractivity contribution is 7.99. The van der Waals surface area contributed by atoms with Crippen molar-refractivity contribution < 1.29 is 14.4 Å². The molecule has 3 rings (SSSR count). The van der Waals surface area contributed by atoms with Crippen LogP contribution in [0.3, 0.4) is 0 Å². The van der Waals surface area contributed by atoms with Crippen LogP contribution in [0.5, 0.6) is 0 Å². The first-order chi connectivity index (χ1) is 13.1. The minimum absolute atomic E-state index is 0.103. The quantitative estimate of drug-likeness (QED) is 0.385. The van der Waals surface area contributed by atoms with Gasteiger partial charge in [0.2, 0.25) is 11.8 Å². The molecule has 1 saturated heterocycles. The fourth-order valence-electron chi connectivity index (χ4n) is 3.63. The summed E-state index contributed by atoms with van der Waals surface area (Å²) in [5, 5.41) is 5.51. The lowest BCUT2D eigenvalue weighted by Gasteiger charge is -2.29. The number of nitrogens with zero attached hydrogens (tertiary/aromatic N) is 1. The first-order valence-corrected chi connectivity index (χ1v) is 10.6. The molecule has 7 heteroatoms. The number of thioether (sulfide) groups is 1. The van der Waals surface area contributed by atoms with Crippen molar-refractivity contribution in [1.82, 2.24) is 15.5 Å². The molecular formula is C20H27N3O3S. The van der Waals surface area contributed by atoms with E-state index in [-0.39, 0.29) is 24.1 Å². The maximum absolute atomic E-state index is 12.8. The number of unbranched alkanes of at least 4 members (excludes halogenated alkanes) is 3. The van der Waals surface area contributed by atoms with Crippen LogP contribution in [0, 0.1) is 0 Å². The Hall–Kier alpha value is -1.86. The maximum Gasteiger partial charge on any atom is 0.255 e. The van der Waals surface area contributed by atoms with Crippen LogP contribution >= 0.6 is 11.8 Å². The number of fused-ring (bicyclic) bond motifs is 1. The predicted molar refractivity (Wildman–Crippen MR) is 106 cm³/mol. The Morgan fingerprint density at radius 2 is 2.00 bits per heavy atom. The molecule has 0 radical (unpaired) electrons. The zero-order chi connectivity index (χ0) is 19.2. The third kappa shape index (κ3) is 4.71. The summed E-state index contributed by atoms with van der Waals surface area (Å²) < 4.78 is 0. The molecule has 1 unspecified atom stereocenters. The van der Waals surface area contributed by atoms with Crippen LogP contribution < -0.4 is 10.6 Å². The summed E-state index contributed by atoms with van der Waals surface area (Å²) >= 11 is 1.79.